The number of aromatic nitrogens is 1. The van der Waals surface area contributed by atoms with Crippen molar-refractivity contribution < 1.29 is 4.74 Å². The van der Waals surface area contributed by atoms with Gasteiger partial charge in [0, 0.05) is 29.6 Å². The molecule has 1 aromatic heterocycles. The van der Waals surface area contributed by atoms with Crippen LogP contribution < -0.4 is 10.1 Å². The summed E-state index contributed by atoms with van der Waals surface area (Å²) in [4.78, 5) is 4.41. The minimum Gasteiger partial charge on any atom is -0.483 e. The topological polar surface area (TPSA) is 34.2 Å². The highest BCUT2D eigenvalue weighted by Crippen LogP contribution is 2.40. The van der Waals surface area contributed by atoms with Gasteiger partial charge in [0.1, 0.15) is 11.9 Å². The predicted octanol–water partition coefficient (Wildman–Crippen LogP) is 4.50. The Hall–Kier alpha value is -2.81. The summed E-state index contributed by atoms with van der Waals surface area (Å²) in [6.07, 6.45) is 2.64. The van der Waals surface area contributed by atoms with E-state index in [0.29, 0.717) is 0 Å². The van der Waals surface area contributed by atoms with Gasteiger partial charge in [-0.1, -0.05) is 30.3 Å². The van der Waals surface area contributed by atoms with Crippen LogP contribution in [0.3, 0.4) is 0 Å². The molecule has 0 fully saturated rings. The second kappa shape index (κ2) is 5.53. The molecule has 1 unspecified atom stereocenters. The van der Waals surface area contributed by atoms with Crippen molar-refractivity contribution in [3.8, 4) is 5.75 Å². The van der Waals surface area contributed by atoms with E-state index >= 15 is 0 Å². The zero-order valence-electron chi connectivity index (χ0n) is 12.1. The Morgan fingerprint density at radius 1 is 0.909 bits per heavy atom. The average Bonchev–Trinajstić information content (AvgIpc) is 3.02. The number of hydrogen-bond donors (Lipinski definition) is 1. The van der Waals surface area contributed by atoms with Gasteiger partial charge in [0.05, 0.1) is 5.69 Å². The van der Waals surface area contributed by atoms with Gasteiger partial charge in [-0.25, -0.2) is 0 Å². The van der Waals surface area contributed by atoms with Crippen LogP contribution in [0.1, 0.15) is 17.4 Å². The molecule has 3 nitrogen and oxygen atoms in total. The smallest absolute Gasteiger partial charge is 0.145 e. The van der Waals surface area contributed by atoms with Gasteiger partial charge < -0.3 is 10.1 Å². The molecule has 4 rings (SSSR count). The van der Waals surface area contributed by atoms with Crippen molar-refractivity contribution in [3.05, 3.63) is 84.2 Å². The normalized spacial score (nSPS) is 15.9. The van der Waals surface area contributed by atoms with Gasteiger partial charge in [-0.2, -0.15) is 0 Å². The molecule has 22 heavy (non-hydrogen) atoms. The molecule has 0 aliphatic carbocycles. The van der Waals surface area contributed by atoms with Gasteiger partial charge in [-0.3, -0.25) is 4.98 Å². The van der Waals surface area contributed by atoms with Crippen LogP contribution in [0, 0.1) is 0 Å². The van der Waals surface area contributed by atoms with Crippen molar-refractivity contribution in [2.45, 2.75) is 12.5 Å². The van der Waals surface area contributed by atoms with E-state index < -0.39 is 0 Å². The van der Waals surface area contributed by atoms with Crippen LogP contribution in [0.25, 0.3) is 0 Å². The number of anilines is 2. The van der Waals surface area contributed by atoms with Crippen molar-refractivity contribution in [2.75, 3.05) is 5.32 Å². The Morgan fingerprint density at radius 2 is 1.77 bits per heavy atom. The zero-order valence-corrected chi connectivity index (χ0v) is 12.1. The summed E-state index contributed by atoms with van der Waals surface area (Å²) in [5, 5.41) is 3.48. The van der Waals surface area contributed by atoms with Gasteiger partial charge in [0.15, 0.2) is 0 Å². The minimum absolute atomic E-state index is 0.00470. The molecule has 1 aliphatic rings. The number of nitrogens with one attached hydrogen (secondary N) is 1. The van der Waals surface area contributed by atoms with Crippen LogP contribution in [0.2, 0.25) is 0 Å². The first-order valence-corrected chi connectivity index (χ1v) is 7.42. The molecule has 0 spiro atoms. The predicted molar refractivity (Wildman–Crippen MR) is 87.5 cm³/mol. The van der Waals surface area contributed by atoms with Gasteiger partial charge in [-0.05, 0) is 36.4 Å². The molecule has 3 heteroatoms. The third-order valence-electron chi connectivity index (χ3n) is 3.86. The first-order chi connectivity index (χ1) is 10.9. The summed E-state index contributed by atoms with van der Waals surface area (Å²) in [5.74, 6) is 0.941. The maximum absolute atomic E-state index is 6.07. The quantitative estimate of drug-likeness (QED) is 0.770. The van der Waals surface area contributed by atoms with Gasteiger partial charge in [0.25, 0.3) is 0 Å². The van der Waals surface area contributed by atoms with E-state index in [1.807, 2.05) is 54.7 Å². The molecule has 1 N–H and O–H groups in total. The highest BCUT2D eigenvalue weighted by Gasteiger charge is 2.27. The Bertz CT molecular complexity index is 772. The second-order valence-electron chi connectivity index (χ2n) is 5.34. The van der Waals surface area contributed by atoms with Crippen molar-refractivity contribution in [1.29, 1.82) is 0 Å². The summed E-state index contributed by atoms with van der Waals surface area (Å²) in [7, 11) is 0. The highest BCUT2D eigenvalue weighted by molar-refractivity contribution is 5.67. The number of rotatable bonds is 3. The van der Waals surface area contributed by atoms with Crippen molar-refractivity contribution in [3.63, 3.8) is 0 Å². The van der Waals surface area contributed by atoms with Crippen molar-refractivity contribution in [1.82, 2.24) is 4.98 Å². The number of nitrogens with zero attached hydrogens (tertiary/aromatic N) is 1. The first kappa shape index (κ1) is 12.9. The summed E-state index contributed by atoms with van der Waals surface area (Å²) < 4.78 is 6.07. The Kier molecular flexibility index (Phi) is 3.24. The SMILES string of the molecule is c1ccc(Nc2cccc3c2CC(c2ccccn2)O3)cc1. The number of pyridine rings is 1. The molecule has 1 aliphatic heterocycles. The molecular formula is C19H16N2O. The Balaban J connectivity index is 1.63. The molecular weight excluding hydrogens is 272 g/mol. The Morgan fingerprint density at radius 3 is 2.59 bits per heavy atom. The minimum atomic E-state index is -0.00470. The molecule has 0 bridgehead atoms. The lowest BCUT2D eigenvalue weighted by Gasteiger charge is -2.09. The van der Waals surface area contributed by atoms with Gasteiger partial charge in [0.2, 0.25) is 0 Å². The van der Waals surface area contributed by atoms with Gasteiger partial charge in [-0.15, -0.1) is 0 Å². The van der Waals surface area contributed by atoms with Crippen LogP contribution in [0.15, 0.2) is 72.9 Å². The first-order valence-electron chi connectivity index (χ1n) is 7.42. The summed E-state index contributed by atoms with van der Waals surface area (Å²) in [6, 6.07) is 22.3. The highest BCUT2D eigenvalue weighted by atomic mass is 16.5. The van der Waals surface area contributed by atoms with Gasteiger partial charge >= 0.3 is 0 Å². The van der Waals surface area contributed by atoms with Crippen LogP contribution in [0.4, 0.5) is 11.4 Å². The van der Waals surface area contributed by atoms with E-state index in [4.69, 9.17) is 4.74 Å². The molecule has 3 aromatic rings. The van der Waals surface area contributed by atoms with E-state index in [1.165, 1.54) is 5.56 Å². The van der Waals surface area contributed by atoms with E-state index in [1.54, 1.807) is 0 Å². The maximum atomic E-state index is 6.07. The zero-order chi connectivity index (χ0) is 14.8. The second-order valence-corrected chi connectivity index (χ2v) is 5.34. The summed E-state index contributed by atoms with van der Waals surface area (Å²) in [6.45, 7) is 0. The standard InChI is InChI=1S/C19H16N2O/c1-2-7-14(8-3-1)21-16-10-6-11-18-15(16)13-19(22-18)17-9-4-5-12-20-17/h1-12,19,21H,13H2. The number of ether oxygens (including phenoxy) is 1. The van der Waals surface area contributed by atoms with Crippen molar-refractivity contribution in [2.24, 2.45) is 0 Å². The molecule has 0 saturated carbocycles. The lowest BCUT2D eigenvalue weighted by atomic mass is 10.1. The number of benzene rings is 2. The maximum Gasteiger partial charge on any atom is 0.145 e. The molecule has 0 saturated heterocycles. The van der Waals surface area contributed by atoms with E-state index in [9.17, 15) is 0 Å². The fourth-order valence-electron chi connectivity index (χ4n) is 2.79. The fourth-order valence-corrected chi connectivity index (χ4v) is 2.79. The molecule has 0 amide bonds. The van der Waals surface area contributed by atoms with Crippen LogP contribution in [0.5, 0.6) is 5.75 Å². The third kappa shape index (κ3) is 2.42. The average molecular weight is 288 g/mol. The third-order valence-corrected chi connectivity index (χ3v) is 3.86. The van der Waals surface area contributed by atoms with E-state index in [2.05, 4.69) is 28.5 Å². The molecule has 2 heterocycles. The van der Waals surface area contributed by atoms with Crippen molar-refractivity contribution >= 4 is 11.4 Å². The molecule has 0 radical (unpaired) electrons. The monoisotopic (exact) mass is 288 g/mol. The lowest BCUT2D eigenvalue weighted by Crippen LogP contribution is -2.05. The van der Waals surface area contributed by atoms with Crippen LogP contribution in [-0.4, -0.2) is 4.98 Å². The molecule has 108 valence electrons. The van der Waals surface area contributed by atoms with Crippen LogP contribution >= 0.6 is 0 Å². The molecule has 1 atom stereocenters. The van der Waals surface area contributed by atoms with E-state index in [-0.39, 0.29) is 6.10 Å². The number of hydrogen-bond acceptors (Lipinski definition) is 3. The summed E-state index contributed by atoms with van der Waals surface area (Å²) >= 11 is 0. The van der Waals surface area contributed by atoms with E-state index in [0.717, 1.165) is 29.2 Å². The number of fused-ring (bicyclic) bond motifs is 1. The van der Waals surface area contributed by atoms with Crippen LogP contribution in [-0.2, 0) is 6.42 Å². The summed E-state index contributed by atoms with van der Waals surface area (Å²) in [5.41, 5.74) is 4.37. The largest absolute Gasteiger partial charge is 0.483 e. The number of para-hydroxylation sites is 1. The Labute approximate surface area is 129 Å². The molecule has 2 aromatic carbocycles. The lowest BCUT2D eigenvalue weighted by molar-refractivity contribution is 0.233. The fraction of sp³-hybridized carbons (Fsp3) is 0.105.